The van der Waals surface area contributed by atoms with E-state index < -0.39 is 0 Å². The number of nitrogens with zero attached hydrogens (tertiary/aromatic N) is 6. The van der Waals surface area contributed by atoms with E-state index >= 15 is 0 Å². The van der Waals surface area contributed by atoms with Gasteiger partial charge in [0.25, 0.3) is 5.56 Å². The fourth-order valence-corrected chi connectivity index (χ4v) is 6.20. The van der Waals surface area contributed by atoms with Crippen LogP contribution in [0.4, 0.5) is 11.8 Å². The molecule has 0 bridgehead atoms. The van der Waals surface area contributed by atoms with Gasteiger partial charge in [0, 0.05) is 50.7 Å². The average molecular weight is 575 g/mol. The van der Waals surface area contributed by atoms with E-state index in [4.69, 9.17) is 24.2 Å². The molecule has 2 saturated heterocycles. The van der Waals surface area contributed by atoms with Crippen LogP contribution in [-0.4, -0.2) is 71.7 Å². The molecule has 0 amide bonds. The van der Waals surface area contributed by atoms with Gasteiger partial charge in [-0.25, -0.2) is 9.78 Å². The Labute approximate surface area is 244 Å². The molecule has 0 radical (unpaired) electrons. The quantitative estimate of drug-likeness (QED) is 0.328. The molecule has 11 heteroatoms. The Bertz CT molecular complexity index is 1730. The minimum absolute atomic E-state index is 0.201. The van der Waals surface area contributed by atoms with Crippen molar-refractivity contribution in [1.29, 1.82) is 0 Å². The molecule has 2 aliphatic rings. The molecular formula is C31H38N6O5. The highest BCUT2D eigenvalue weighted by atomic mass is 16.5. The highest BCUT2D eigenvalue weighted by Crippen LogP contribution is 2.38. The van der Waals surface area contributed by atoms with Crippen molar-refractivity contribution in [2.24, 2.45) is 7.05 Å². The molecule has 6 rings (SSSR count). The standard InChI is InChI=1S/C31H38N6O5/c1-5-41-25-18-23-24(19-26(25)42-6-2)32-30(36-14-16-40-17-15-36)33-28(23)35-12-10-21(11-13-35)37-29(38)22-9-7-8-20(3)27(22)34(4)31(37)39/h7-9,18-19,21H,5-6,10-17H2,1-4H3. The maximum absolute atomic E-state index is 13.6. The molecule has 2 aromatic carbocycles. The number of hydrogen-bond donors (Lipinski definition) is 0. The van der Waals surface area contributed by atoms with Crippen molar-refractivity contribution in [3.05, 3.63) is 56.7 Å². The molecule has 2 aromatic heterocycles. The topological polar surface area (TPSA) is 104 Å². The summed E-state index contributed by atoms with van der Waals surface area (Å²) in [5.41, 5.74) is 1.90. The number of anilines is 2. The first-order valence-corrected chi connectivity index (χ1v) is 14.8. The van der Waals surface area contributed by atoms with Crippen LogP contribution in [0.15, 0.2) is 39.9 Å². The molecule has 42 heavy (non-hydrogen) atoms. The van der Waals surface area contributed by atoms with Gasteiger partial charge in [-0.05, 0) is 51.3 Å². The fraction of sp³-hybridized carbons (Fsp3) is 0.484. The average Bonchev–Trinajstić information content (AvgIpc) is 3.01. The summed E-state index contributed by atoms with van der Waals surface area (Å²) < 4.78 is 20.5. The van der Waals surface area contributed by atoms with E-state index in [1.54, 1.807) is 11.6 Å². The molecule has 2 fully saturated rings. The number of hydrogen-bond acceptors (Lipinski definition) is 9. The van der Waals surface area contributed by atoms with Gasteiger partial charge in [0.05, 0.1) is 42.8 Å². The van der Waals surface area contributed by atoms with E-state index in [0.29, 0.717) is 80.7 Å². The lowest BCUT2D eigenvalue weighted by Gasteiger charge is -2.35. The first kappa shape index (κ1) is 28.0. The summed E-state index contributed by atoms with van der Waals surface area (Å²) in [6, 6.07) is 9.31. The van der Waals surface area contributed by atoms with Crippen LogP contribution in [0.25, 0.3) is 21.8 Å². The van der Waals surface area contributed by atoms with Gasteiger partial charge in [-0.1, -0.05) is 12.1 Å². The van der Waals surface area contributed by atoms with E-state index in [0.717, 1.165) is 35.4 Å². The summed E-state index contributed by atoms with van der Waals surface area (Å²) in [4.78, 5) is 41.4. The van der Waals surface area contributed by atoms with Crippen molar-refractivity contribution in [3.8, 4) is 11.5 Å². The summed E-state index contributed by atoms with van der Waals surface area (Å²) >= 11 is 0. The summed E-state index contributed by atoms with van der Waals surface area (Å²) in [6.07, 6.45) is 1.28. The summed E-state index contributed by atoms with van der Waals surface area (Å²) in [7, 11) is 1.75. The molecule has 0 atom stereocenters. The highest BCUT2D eigenvalue weighted by molar-refractivity contribution is 5.93. The number of morpholine rings is 1. The molecule has 11 nitrogen and oxygen atoms in total. The van der Waals surface area contributed by atoms with E-state index in [1.165, 1.54) is 4.57 Å². The molecule has 0 spiro atoms. The second-order valence-electron chi connectivity index (χ2n) is 10.8. The Morgan fingerprint density at radius 3 is 2.29 bits per heavy atom. The Morgan fingerprint density at radius 1 is 0.905 bits per heavy atom. The van der Waals surface area contributed by atoms with Gasteiger partial charge in [0.15, 0.2) is 11.5 Å². The zero-order chi connectivity index (χ0) is 29.4. The Kier molecular flexibility index (Phi) is 7.76. The largest absolute Gasteiger partial charge is 0.490 e. The third-order valence-corrected chi connectivity index (χ3v) is 8.27. The lowest BCUT2D eigenvalue weighted by molar-refractivity contribution is 0.122. The smallest absolute Gasteiger partial charge is 0.331 e. The maximum Gasteiger partial charge on any atom is 0.331 e. The normalized spacial score (nSPS) is 16.4. The predicted octanol–water partition coefficient (Wildman–Crippen LogP) is 3.43. The molecule has 2 aliphatic heterocycles. The van der Waals surface area contributed by atoms with E-state index in [-0.39, 0.29) is 17.3 Å². The Morgan fingerprint density at radius 2 is 1.60 bits per heavy atom. The van der Waals surface area contributed by atoms with Crippen LogP contribution >= 0.6 is 0 Å². The SMILES string of the molecule is CCOc1cc2nc(N3CCOCC3)nc(N3CCC(n4c(=O)c5cccc(C)c5n(C)c4=O)CC3)c2cc1OCC. The van der Waals surface area contributed by atoms with Gasteiger partial charge < -0.3 is 24.0 Å². The van der Waals surface area contributed by atoms with Crippen LogP contribution in [0, 0.1) is 6.92 Å². The Hall–Kier alpha value is -4.12. The van der Waals surface area contributed by atoms with Crippen molar-refractivity contribution < 1.29 is 14.2 Å². The van der Waals surface area contributed by atoms with Gasteiger partial charge >= 0.3 is 5.69 Å². The number of ether oxygens (including phenoxy) is 3. The van der Waals surface area contributed by atoms with Crippen LogP contribution in [0.3, 0.4) is 0 Å². The highest BCUT2D eigenvalue weighted by Gasteiger charge is 2.28. The number of benzene rings is 2. The molecular weight excluding hydrogens is 536 g/mol. The van der Waals surface area contributed by atoms with Crippen LogP contribution < -0.4 is 30.5 Å². The van der Waals surface area contributed by atoms with Crippen LogP contribution in [-0.2, 0) is 11.8 Å². The van der Waals surface area contributed by atoms with Crippen LogP contribution in [0.1, 0.15) is 38.3 Å². The second-order valence-corrected chi connectivity index (χ2v) is 10.8. The van der Waals surface area contributed by atoms with Crippen LogP contribution in [0.5, 0.6) is 11.5 Å². The number of aromatic nitrogens is 4. The maximum atomic E-state index is 13.6. The molecule has 4 aromatic rings. The fourth-order valence-electron chi connectivity index (χ4n) is 6.20. The van der Waals surface area contributed by atoms with E-state index in [9.17, 15) is 9.59 Å². The minimum atomic E-state index is -0.271. The summed E-state index contributed by atoms with van der Waals surface area (Å²) in [5.74, 6) is 2.79. The lowest BCUT2D eigenvalue weighted by Crippen LogP contribution is -2.46. The first-order valence-electron chi connectivity index (χ1n) is 14.8. The van der Waals surface area contributed by atoms with Gasteiger partial charge in [-0.2, -0.15) is 4.98 Å². The van der Waals surface area contributed by atoms with Crippen LogP contribution in [0.2, 0.25) is 0 Å². The monoisotopic (exact) mass is 574 g/mol. The number of rotatable bonds is 7. The molecule has 0 saturated carbocycles. The molecule has 222 valence electrons. The molecule has 0 unspecified atom stereocenters. The summed E-state index contributed by atoms with van der Waals surface area (Å²) in [5, 5.41) is 1.46. The van der Waals surface area contributed by atoms with Gasteiger partial charge in [-0.15, -0.1) is 0 Å². The van der Waals surface area contributed by atoms with Gasteiger partial charge in [-0.3, -0.25) is 13.9 Å². The van der Waals surface area contributed by atoms with Crippen molar-refractivity contribution in [2.45, 2.75) is 39.7 Å². The minimum Gasteiger partial charge on any atom is -0.490 e. The number of piperidine rings is 1. The van der Waals surface area contributed by atoms with Gasteiger partial charge in [0.2, 0.25) is 5.95 Å². The third-order valence-electron chi connectivity index (χ3n) is 8.27. The van der Waals surface area contributed by atoms with Crippen molar-refractivity contribution in [1.82, 2.24) is 19.1 Å². The molecule has 0 aliphatic carbocycles. The van der Waals surface area contributed by atoms with Crippen molar-refractivity contribution in [3.63, 3.8) is 0 Å². The third kappa shape index (κ3) is 4.95. The number of fused-ring (bicyclic) bond motifs is 2. The molecule has 0 N–H and O–H groups in total. The molecule has 4 heterocycles. The van der Waals surface area contributed by atoms with E-state index in [1.807, 2.05) is 51.1 Å². The number of aryl methyl sites for hydroxylation is 2. The second kappa shape index (κ2) is 11.6. The van der Waals surface area contributed by atoms with Crippen molar-refractivity contribution >= 4 is 33.6 Å². The number of para-hydroxylation sites is 1. The van der Waals surface area contributed by atoms with Gasteiger partial charge in [0.1, 0.15) is 5.82 Å². The van der Waals surface area contributed by atoms with Crippen molar-refractivity contribution in [2.75, 3.05) is 62.4 Å². The summed E-state index contributed by atoms with van der Waals surface area (Å²) in [6.45, 7) is 10.8. The zero-order valence-electron chi connectivity index (χ0n) is 24.8. The first-order chi connectivity index (χ1) is 20.4. The lowest BCUT2D eigenvalue weighted by atomic mass is 10.0. The Balaban J connectivity index is 1.38. The zero-order valence-corrected chi connectivity index (χ0v) is 24.8. The van der Waals surface area contributed by atoms with E-state index in [2.05, 4.69) is 9.80 Å². The predicted molar refractivity (Wildman–Crippen MR) is 164 cm³/mol.